The molecule has 1 heterocycles. The highest BCUT2D eigenvalue weighted by atomic mass is 16.5. The van der Waals surface area contributed by atoms with Gasteiger partial charge in [-0.05, 0) is 86.6 Å². The number of nitrogens with one attached hydrogen (secondary N) is 1. The third-order valence-corrected chi connectivity index (χ3v) is 6.54. The number of rotatable bonds is 9. The zero-order chi connectivity index (χ0) is 24.4. The zero-order valence-corrected chi connectivity index (χ0v) is 20.3. The molecule has 0 radical (unpaired) electrons. The standard InChI is InChI=1S/C29H31N3O3/c1-19-14-24(15-20(2)27(19)35-18-22-4-3-13-30-16-22)29(34)32(26-11-12-26)17-21-5-7-23(8-6-21)28(33)31-25-9-10-25/h3-8,13-16,25-26H,9-12,17-18H2,1-2H3,(H,31,33). The molecule has 1 aromatic heterocycles. The number of aromatic nitrogens is 1. The van der Waals surface area contributed by atoms with Crippen LogP contribution in [-0.2, 0) is 13.2 Å². The molecule has 6 nitrogen and oxygen atoms in total. The average molecular weight is 470 g/mol. The molecular formula is C29H31N3O3. The van der Waals surface area contributed by atoms with Crippen LogP contribution in [0.3, 0.4) is 0 Å². The Hall–Kier alpha value is -3.67. The van der Waals surface area contributed by atoms with Crippen molar-refractivity contribution in [2.45, 2.75) is 64.8 Å². The van der Waals surface area contributed by atoms with Gasteiger partial charge in [-0.15, -0.1) is 0 Å². The number of carbonyl (C=O) groups excluding carboxylic acids is 2. The minimum absolute atomic E-state index is 0.0223. The molecule has 0 atom stereocenters. The molecule has 0 spiro atoms. The molecule has 2 amide bonds. The predicted molar refractivity (Wildman–Crippen MR) is 134 cm³/mol. The molecule has 2 fully saturated rings. The molecule has 0 unspecified atom stereocenters. The average Bonchev–Trinajstić information content (AvgIpc) is 3.78. The monoisotopic (exact) mass is 469 g/mol. The number of ether oxygens (including phenoxy) is 1. The highest BCUT2D eigenvalue weighted by molar-refractivity contribution is 5.96. The fourth-order valence-corrected chi connectivity index (χ4v) is 4.31. The molecule has 1 N–H and O–H groups in total. The van der Waals surface area contributed by atoms with Gasteiger partial charge in [0.2, 0.25) is 0 Å². The van der Waals surface area contributed by atoms with Crippen molar-refractivity contribution >= 4 is 11.8 Å². The molecule has 5 rings (SSSR count). The summed E-state index contributed by atoms with van der Waals surface area (Å²) in [6.45, 7) is 4.93. The first-order chi connectivity index (χ1) is 17.0. The van der Waals surface area contributed by atoms with E-state index in [-0.39, 0.29) is 17.9 Å². The van der Waals surface area contributed by atoms with Crippen molar-refractivity contribution in [2.75, 3.05) is 0 Å². The summed E-state index contributed by atoms with van der Waals surface area (Å²) in [5, 5.41) is 3.01. The van der Waals surface area contributed by atoms with Crippen LogP contribution in [0.5, 0.6) is 5.75 Å². The molecule has 2 aromatic carbocycles. The maximum atomic E-state index is 13.5. The molecule has 3 aromatic rings. The van der Waals surface area contributed by atoms with E-state index in [9.17, 15) is 9.59 Å². The molecule has 180 valence electrons. The number of carbonyl (C=O) groups is 2. The summed E-state index contributed by atoms with van der Waals surface area (Å²) >= 11 is 0. The van der Waals surface area contributed by atoms with E-state index in [0.717, 1.165) is 53.7 Å². The van der Waals surface area contributed by atoms with Gasteiger partial charge < -0.3 is 15.0 Å². The summed E-state index contributed by atoms with van der Waals surface area (Å²) in [6, 6.07) is 15.9. The van der Waals surface area contributed by atoms with Crippen molar-refractivity contribution < 1.29 is 14.3 Å². The second-order valence-corrected chi connectivity index (χ2v) is 9.70. The predicted octanol–water partition coefficient (Wildman–Crippen LogP) is 4.97. The van der Waals surface area contributed by atoms with Gasteiger partial charge in [-0.3, -0.25) is 14.6 Å². The van der Waals surface area contributed by atoms with Crippen LogP contribution >= 0.6 is 0 Å². The maximum Gasteiger partial charge on any atom is 0.254 e. The maximum absolute atomic E-state index is 13.5. The van der Waals surface area contributed by atoms with Crippen LogP contribution in [0.2, 0.25) is 0 Å². The van der Waals surface area contributed by atoms with Gasteiger partial charge >= 0.3 is 0 Å². The Labute approximate surface area is 206 Å². The van der Waals surface area contributed by atoms with Crippen molar-refractivity contribution in [1.82, 2.24) is 15.2 Å². The molecular weight excluding hydrogens is 438 g/mol. The van der Waals surface area contributed by atoms with Crippen LogP contribution in [0.4, 0.5) is 0 Å². The van der Waals surface area contributed by atoms with Gasteiger partial charge in [0.1, 0.15) is 12.4 Å². The number of pyridine rings is 1. The van der Waals surface area contributed by atoms with E-state index in [2.05, 4.69) is 10.3 Å². The van der Waals surface area contributed by atoms with Crippen molar-refractivity contribution in [3.05, 3.63) is 94.3 Å². The topological polar surface area (TPSA) is 71.5 Å². The summed E-state index contributed by atoms with van der Waals surface area (Å²) in [4.78, 5) is 31.9. The second kappa shape index (κ2) is 9.90. The number of hydrogen-bond donors (Lipinski definition) is 1. The van der Waals surface area contributed by atoms with E-state index in [1.165, 1.54) is 0 Å². The Bertz CT molecular complexity index is 1190. The molecule has 0 aliphatic heterocycles. The summed E-state index contributed by atoms with van der Waals surface area (Å²) in [6.07, 6.45) is 7.72. The number of aryl methyl sites for hydroxylation is 2. The van der Waals surface area contributed by atoms with Crippen LogP contribution in [0.15, 0.2) is 60.9 Å². The van der Waals surface area contributed by atoms with Crippen molar-refractivity contribution in [1.29, 1.82) is 0 Å². The lowest BCUT2D eigenvalue weighted by atomic mass is 10.0. The van der Waals surface area contributed by atoms with Gasteiger partial charge in [-0.1, -0.05) is 18.2 Å². The van der Waals surface area contributed by atoms with Gasteiger partial charge in [0.05, 0.1) is 0 Å². The second-order valence-electron chi connectivity index (χ2n) is 9.70. The third-order valence-electron chi connectivity index (χ3n) is 6.54. The van der Waals surface area contributed by atoms with E-state index in [1.54, 1.807) is 12.4 Å². The normalized spacial score (nSPS) is 14.9. The molecule has 6 heteroatoms. The van der Waals surface area contributed by atoms with Crippen molar-refractivity contribution in [3.63, 3.8) is 0 Å². The van der Waals surface area contributed by atoms with Crippen LogP contribution in [0, 0.1) is 13.8 Å². The minimum Gasteiger partial charge on any atom is -0.488 e. The molecule has 0 saturated heterocycles. The number of hydrogen-bond acceptors (Lipinski definition) is 4. The first kappa shape index (κ1) is 23.1. The van der Waals surface area contributed by atoms with Gasteiger partial charge in [-0.2, -0.15) is 0 Å². The van der Waals surface area contributed by atoms with Gasteiger partial charge in [0, 0.05) is 47.7 Å². The fraction of sp³-hybridized carbons (Fsp3) is 0.345. The van der Waals surface area contributed by atoms with Gasteiger partial charge in [0.25, 0.3) is 11.8 Å². The van der Waals surface area contributed by atoms with Gasteiger partial charge in [-0.25, -0.2) is 0 Å². The Morgan fingerprint density at radius 3 is 2.29 bits per heavy atom. The summed E-state index contributed by atoms with van der Waals surface area (Å²) in [7, 11) is 0. The van der Waals surface area contributed by atoms with Crippen LogP contribution in [0.1, 0.15) is 68.7 Å². The molecule has 2 aliphatic rings. The Morgan fingerprint density at radius 2 is 1.69 bits per heavy atom. The summed E-state index contributed by atoms with van der Waals surface area (Å²) in [5.41, 5.74) is 5.26. The third kappa shape index (κ3) is 5.70. The highest BCUT2D eigenvalue weighted by Crippen LogP contribution is 2.32. The lowest BCUT2D eigenvalue weighted by molar-refractivity contribution is 0.0729. The number of amides is 2. The molecule has 2 aliphatic carbocycles. The van der Waals surface area contributed by atoms with E-state index < -0.39 is 0 Å². The largest absolute Gasteiger partial charge is 0.488 e. The first-order valence-electron chi connectivity index (χ1n) is 12.3. The quantitative estimate of drug-likeness (QED) is 0.480. The summed E-state index contributed by atoms with van der Waals surface area (Å²) < 4.78 is 6.07. The first-order valence-corrected chi connectivity index (χ1v) is 12.3. The molecule has 2 saturated carbocycles. The number of benzene rings is 2. The van der Waals surface area contributed by atoms with Crippen LogP contribution in [0.25, 0.3) is 0 Å². The van der Waals surface area contributed by atoms with Crippen LogP contribution in [-0.4, -0.2) is 33.8 Å². The van der Waals surface area contributed by atoms with Crippen LogP contribution < -0.4 is 10.1 Å². The summed E-state index contributed by atoms with van der Waals surface area (Å²) in [5.74, 6) is 0.822. The number of nitrogens with zero attached hydrogens (tertiary/aromatic N) is 2. The lowest BCUT2D eigenvalue weighted by Gasteiger charge is -2.24. The minimum atomic E-state index is -0.0223. The SMILES string of the molecule is Cc1cc(C(=O)N(Cc2ccc(C(=O)NC3CC3)cc2)C2CC2)cc(C)c1OCc1cccnc1. The van der Waals surface area contributed by atoms with E-state index >= 15 is 0 Å². The van der Waals surface area contributed by atoms with Gasteiger partial charge in [0.15, 0.2) is 0 Å². The van der Waals surface area contributed by atoms with E-state index in [1.807, 2.05) is 67.3 Å². The van der Waals surface area contributed by atoms with E-state index in [0.29, 0.717) is 30.3 Å². The fourth-order valence-electron chi connectivity index (χ4n) is 4.31. The Morgan fingerprint density at radius 1 is 0.971 bits per heavy atom. The van der Waals surface area contributed by atoms with Crippen molar-refractivity contribution in [3.8, 4) is 5.75 Å². The van der Waals surface area contributed by atoms with Crippen molar-refractivity contribution in [2.24, 2.45) is 0 Å². The Kier molecular flexibility index (Phi) is 6.53. The molecule has 0 bridgehead atoms. The molecule has 35 heavy (non-hydrogen) atoms. The smallest absolute Gasteiger partial charge is 0.254 e. The van der Waals surface area contributed by atoms with E-state index in [4.69, 9.17) is 4.74 Å². The highest BCUT2D eigenvalue weighted by Gasteiger charge is 2.33. The Balaban J connectivity index is 1.28. The zero-order valence-electron chi connectivity index (χ0n) is 20.3. The lowest BCUT2D eigenvalue weighted by Crippen LogP contribution is -2.32.